The normalized spacial score (nSPS) is 10.3. The lowest BCUT2D eigenvalue weighted by Gasteiger charge is -2.13. The van der Waals surface area contributed by atoms with Gasteiger partial charge in [0.15, 0.2) is 0 Å². The summed E-state index contributed by atoms with van der Waals surface area (Å²) in [7, 11) is 5.47. The quantitative estimate of drug-likeness (QED) is 0.649. The van der Waals surface area contributed by atoms with Crippen LogP contribution >= 0.6 is 11.6 Å². The lowest BCUT2D eigenvalue weighted by molar-refractivity contribution is 0.102. The molecule has 0 aliphatic carbocycles. The zero-order chi connectivity index (χ0) is 20.1. The number of rotatable bonds is 6. The molecule has 144 valence electrons. The maximum atomic E-state index is 12.6. The molecule has 0 bridgehead atoms. The second-order valence-corrected chi connectivity index (χ2v) is 6.57. The molecule has 0 unspecified atom stereocenters. The number of halogens is 1. The van der Waals surface area contributed by atoms with Crippen LogP contribution in [0.25, 0.3) is 0 Å². The van der Waals surface area contributed by atoms with Crippen molar-refractivity contribution in [2.45, 2.75) is 0 Å². The fraction of sp³-hybridized carbons (Fsp3) is 0.150. The average Bonchev–Trinajstić information content (AvgIpc) is 2.69. The molecule has 1 aromatic heterocycles. The highest BCUT2D eigenvalue weighted by Gasteiger charge is 2.13. The number of hydrogen-bond donors (Lipinski definition) is 2. The molecule has 28 heavy (non-hydrogen) atoms. The summed E-state index contributed by atoms with van der Waals surface area (Å²) >= 11 is 6.00. The number of ether oxygens (including phenoxy) is 1. The molecule has 1 amide bonds. The van der Waals surface area contributed by atoms with Gasteiger partial charge in [-0.3, -0.25) is 4.79 Å². The number of carbonyl (C=O) groups is 1. The summed E-state index contributed by atoms with van der Waals surface area (Å²) in [6.45, 7) is 0. The summed E-state index contributed by atoms with van der Waals surface area (Å²) in [6, 6.07) is 14.3. The van der Waals surface area contributed by atoms with Crippen LogP contribution in [-0.2, 0) is 0 Å². The third-order valence-electron chi connectivity index (χ3n) is 3.94. The predicted octanol–water partition coefficient (Wildman–Crippen LogP) is 4.20. The Bertz CT molecular complexity index is 977. The van der Waals surface area contributed by atoms with Gasteiger partial charge in [-0.15, -0.1) is 0 Å². The summed E-state index contributed by atoms with van der Waals surface area (Å²) in [5, 5.41) is 6.34. The van der Waals surface area contributed by atoms with Gasteiger partial charge >= 0.3 is 0 Å². The van der Waals surface area contributed by atoms with E-state index in [4.69, 9.17) is 16.3 Å². The van der Waals surface area contributed by atoms with Crippen molar-refractivity contribution < 1.29 is 9.53 Å². The lowest BCUT2D eigenvalue weighted by atomic mass is 10.2. The highest BCUT2D eigenvalue weighted by molar-refractivity contribution is 6.31. The lowest BCUT2D eigenvalue weighted by Crippen LogP contribution is -2.15. The second kappa shape index (κ2) is 8.58. The van der Waals surface area contributed by atoms with Gasteiger partial charge in [-0.1, -0.05) is 11.6 Å². The Balaban J connectivity index is 1.75. The van der Waals surface area contributed by atoms with Crippen LogP contribution in [0.1, 0.15) is 10.5 Å². The van der Waals surface area contributed by atoms with Gasteiger partial charge in [0, 0.05) is 36.7 Å². The molecule has 0 aliphatic heterocycles. The third-order valence-corrected chi connectivity index (χ3v) is 4.17. The van der Waals surface area contributed by atoms with E-state index in [-0.39, 0.29) is 5.69 Å². The summed E-state index contributed by atoms with van der Waals surface area (Å²) in [6.07, 6.45) is 1.52. The summed E-state index contributed by atoms with van der Waals surface area (Å²) in [5.74, 6) is 0.434. The van der Waals surface area contributed by atoms with E-state index < -0.39 is 5.91 Å². The van der Waals surface area contributed by atoms with E-state index in [1.165, 1.54) is 19.4 Å². The van der Waals surface area contributed by atoms with E-state index >= 15 is 0 Å². The predicted molar refractivity (Wildman–Crippen MR) is 112 cm³/mol. The van der Waals surface area contributed by atoms with Crippen LogP contribution in [-0.4, -0.2) is 37.1 Å². The van der Waals surface area contributed by atoms with E-state index in [1.54, 1.807) is 18.2 Å². The molecule has 3 rings (SSSR count). The molecule has 2 aromatic carbocycles. The Morgan fingerprint density at radius 3 is 2.54 bits per heavy atom. The smallest absolute Gasteiger partial charge is 0.274 e. The van der Waals surface area contributed by atoms with E-state index in [0.717, 1.165) is 11.4 Å². The fourth-order valence-electron chi connectivity index (χ4n) is 2.48. The van der Waals surface area contributed by atoms with Gasteiger partial charge in [0.2, 0.25) is 5.95 Å². The standard InChI is InChI=1S/C20H20ClN5O2/c1-26(2)15-7-5-14(6-8-15)23-20-22-11-10-16(25-20)19(27)24-17-12-13(21)4-9-18(17)28-3/h4-12H,1-3H3,(H,24,27)(H,22,23,25). The Morgan fingerprint density at radius 2 is 1.86 bits per heavy atom. The molecular weight excluding hydrogens is 378 g/mol. The molecule has 0 saturated heterocycles. The second-order valence-electron chi connectivity index (χ2n) is 6.13. The number of nitrogens with zero attached hydrogens (tertiary/aromatic N) is 3. The minimum atomic E-state index is -0.394. The molecule has 0 atom stereocenters. The van der Waals surface area contributed by atoms with Crippen molar-refractivity contribution in [2.24, 2.45) is 0 Å². The first-order valence-electron chi connectivity index (χ1n) is 8.48. The number of carbonyl (C=O) groups excluding carboxylic acids is 1. The Kier molecular flexibility index (Phi) is 5.96. The van der Waals surface area contributed by atoms with Crippen LogP contribution in [0.2, 0.25) is 5.02 Å². The van der Waals surface area contributed by atoms with Gasteiger partial charge in [-0.25, -0.2) is 9.97 Å². The minimum Gasteiger partial charge on any atom is -0.495 e. The molecule has 2 N–H and O–H groups in total. The first kappa shape index (κ1) is 19.4. The van der Waals surface area contributed by atoms with E-state index in [0.29, 0.717) is 22.4 Å². The van der Waals surface area contributed by atoms with Gasteiger partial charge in [-0.05, 0) is 48.5 Å². The van der Waals surface area contributed by atoms with Crippen molar-refractivity contribution in [3.05, 3.63) is 65.4 Å². The molecule has 0 radical (unpaired) electrons. The van der Waals surface area contributed by atoms with E-state index in [2.05, 4.69) is 20.6 Å². The van der Waals surface area contributed by atoms with Crippen molar-refractivity contribution in [3.8, 4) is 5.75 Å². The molecule has 0 saturated carbocycles. The summed E-state index contributed by atoms with van der Waals surface area (Å²) < 4.78 is 5.24. The maximum Gasteiger partial charge on any atom is 0.274 e. The van der Waals surface area contributed by atoms with Crippen LogP contribution in [0.3, 0.4) is 0 Å². The molecule has 7 nitrogen and oxygen atoms in total. The summed E-state index contributed by atoms with van der Waals surface area (Å²) in [4.78, 5) is 23.0. The first-order valence-corrected chi connectivity index (χ1v) is 8.86. The average molecular weight is 398 g/mol. The zero-order valence-electron chi connectivity index (χ0n) is 15.7. The maximum absolute atomic E-state index is 12.6. The number of aromatic nitrogens is 2. The highest BCUT2D eigenvalue weighted by Crippen LogP contribution is 2.28. The van der Waals surface area contributed by atoms with Crippen LogP contribution < -0.4 is 20.3 Å². The van der Waals surface area contributed by atoms with Crippen LogP contribution in [0.4, 0.5) is 23.0 Å². The van der Waals surface area contributed by atoms with Crippen molar-refractivity contribution in [2.75, 3.05) is 36.7 Å². The molecule has 8 heteroatoms. The number of benzene rings is 2. The zero-order valence-corrected chi connectivity index (χ0v) is 16.5. The summed E-state index contributed by atoms with van der Waals surface area (Å²) in [5.41, 5.74) is 2.58. The molecule has 0 aliphatic rings. The molecule has 1 heterocycles. The van der Waals surface area contributed by atoms with Crippen LogP contribution in [0.15, 0.2) is 54.7 Å². The number of hydrogen-bond acceptors (Lipinski definition) is 6. The molecular formula is C20H20ClN5O2. The van der Waals surface area contributed by atoms with Gasteiger partial charge in [0.05, 0.1) is 12.8 Å². The highest BCUT2D eigenvalue weighted by atomic mass is 35.5. The van der Waals surface area contributed by atoms with Gasteiger partial charge in [0.1, 0.15) is 11.4 Å². The minimum absolute atomic E-state index is 0.212. The Morgan fingerprint density at radius 1 is 1.11 bits per heavy atom. The third kappa shape index (κ3) is 4.69. The number of anilines is 4. The van der Waals surface area contributed by atoms with Crippen molar-refractivity contribution >= 4 is 40.5 Å². The van der Waals surface area contributed by atoms with Crippen LogP contribution in [0, 0.1) is 0 Å². The Labute approximate surface area is 168 Å². The Hall–Kier alpha value is -3.32. The molecule has 0 spiro atoms. The monoisotopic (exact) mass is 397 g/mol. The van der Waals surface area contributed by atoms with Crippen molar-refractivity contribution in [3.63, 3.8) is 0 Å². The van der Waals surface area contributed by atoms with Crippen LogP contribution in [0.5, 0.6) is 5.75 Å². The fourth-order valence-corrected chi connectivity index (χ4v) is 2.65. The molecule has 0 fully saturated rings. The topological polar surface area (TPSA) is 79.4 Å². The van der Waals surface area contributed by atoms with Gasteiger partial charge < -0.3 is 20.3 Å². The number of amides is 1. The van der Waals surface area contributed by atoms with E-state index in [9.17, 15) is 4.79 Å². The number of methoxy groups -OCH3 is 1. The first-order chi connectivity index (χ1) is 13.5. The van der Waals surface area contributed by atoms with Gasteiger partial charge in [-0.2, -0.15) is 0 Å². The van der Waals surface area contributed by atoms with Gasteiger partial charge in [0.25, 0.3) is 5.91 Å². The number of nitrogens with one attached hydrogen (secondary N) is 2. The van der Waals surface area contributed by atoms with Crippen molar-refractivity contribution in [1.82, 2.24) is 9.97 Å². The largest absolute Gasteiger partial charge is 0.495 e. The SMILES string of the molecule is COc1ccc(Cl)cc1NC(=O)c1ccnc(Nc2ccc(N(C)C)cc2)n1. The molecule has 3 aromatic rings. The van der Waals surface area contributed by atoms with E-state index in [1.807, 2.05) is 43.3 Å². The van der Waals surface area contributed by atoms with Crippen molar-refractivity contribution in [1.29, 1.82) is 0 Å².